The Bertz CT molecular complexity index is 2660. The van der Waals surface area contributed by atoms with Crippen LogP contribution in [0.25, 0.3) is 76.1 Å². The van der Waals surface area contributed by atoms with E-state index < -0.39 is 0 Å². The van der Waals surface area contributed by atoms with Crippen molar-refractivity contribution in [2.24, 2.45) is 0 Å². The fourth-order valence-corrected chi connectivity index (χ4v) is 9.27. The van der Waals surface area contributed by atoms with Gasteiger partial charge in [0.05, 0.1) is 0 Å². The maximum Gasteiger partial charge on any atom is 0.0128 e. The van der Waals surface area contributed by atoms with Gasteiger partial charge in [-0.2, -0.15) is 0 Å². The van der Waals surface area contributed by atoms with Gasteiger partial charge in [0.15, 0.2) is 0 Å². The maximum atomic E-state index is 2.40. The molecule has 0 aliphatic carbocycles. The molecule has 0 saturated heterocycles. The summed E-state index contributed by atoms with van der Waals surface area (Å²) >= 11 is 3.62. The van der Waals surface area contributed by atoms with Crippen LogP contribution in [0.3, 0.4) is 0 Å². The summed E-state index contributed by atoms with van der Waals surface area (Å²) in [6.45, 7) is 0. The molecule has 0 amide bonds. The molecule has 0 aromatic heterocycles. The van der Waals surface area contributed by atoms with Crippen LogP contribution in [0.15, 0.2) is 202 Å². The number of hydrogen-bond donors (Lipinski definition) is 0. The molecular formula is C48H30S2. The Labute approximate surface area is 299 Å². The monoisotopic (exact) mass is 670 g/mol. The Morgan fingerprint density at radius 1 is 0.260 bits per heavy atom. The van der Waals surface area contributed by atoms with Crippen molar-refractivity contribution in [2.75, 3.05) is 0 Å². The van der Waals surface area contributed by atoms with Crippen LogP contribution in [0.2, 0.25) is 0 Å². The number of hydrogen-bond acceptors (Lipinski definition) is 2. The van der Waals surface area contributed by atoms with E-state index >= 15 is 0 Å². The largest absolute Gasteiger partial charge is 0.0901 e. The highest BCUT2D eigenvalue weighted by Crippen LogP contribution is 2.45. The summed E-state index contributed by atoms with van der Waals surface area (Å²) in [5, 5.41) is 12.9. The fraction of sp³-hybridized carbons (Fsp3) is 0. The van der Waals surface area contributed by atoms with Crippen LogP contribution >= 0.6 is 23.5 Å². The standard InChI is InChI=1S/C48H30S2/c1-3-11-39(12-4-1)49-41-23-21-31-25-35(19-17-33(31)27-41)45-29-37-9-8-16-44-46(30-38-10-7-15-43(45)47(38)48(37)44)36-20-18-34-28-42(24-22-32(34)26-36)50-40-13-5-2-6-14-40/h1-30H. The number of fused-ring (bicyclic) bond motifs is 2. The van der Waals surface area contributed by atoms with Crippen molar-refractivity contribution in [1.29, 1.82) is 0 Å². The Hall–Kier alpha value is -5.54. The van der Waals surface area contributed by atoms with E-state index in [1.165, 1.54) is 95.7 Å². The molecule has 0 aliphatic heterocycles. The summed E-state index contributed by atoms with van der Waals surface area (Å²) in [6.07, 6.45) is 0. The van der Waals surface area contributed by atoms with Gasteiger partial charge in [-0.05, 0) is 149 Å². The van der Waals surface area contributed by atoms with Crippen molar-refractivity contribution in [3.63, 3.8) is 0 Å². The molecule has 0 saturated carbocycles. The Morgan fingerprint density at radius 3 is 1.14 bits per heavy atom. The van der Waals surface area contributed by atoms with E-state index in [4.69, 9.17) is 0 Å². The van der Waals surface area contributed by atoms with Gasteiger partial charge in [-0.25, -0.2) is 0 Å². The molecule has 0 nitrogen and oxygen atoms in total. The smallest absolute Gasteiger partial charge is 0.0128 e. The van der Waals surface area contributed by atoms with E-state index in [0.717, 1.165) is 0 Å². The fourth-order valence-electron chi connectivity index (χ4n) is 7.49. The van der Waals surface area contributed by atoms with E-state index in [9.17, 15) is 0 Å². The third-order valence-electron chi connectivity index (χ3n) is 9.83. The lowest BCUT2D eigenvalue weighted by molar-refractivity contribution is 1.42. The SMILES string of the molecule is c1ccc(Sc2ccc3cc(-c4cc5cccc6c(-c7ccc8cc(Sc9ccccc9)ccc8c7)cc7cccc4c7c56)ccc3c2)cc1. The van der Waals surface area contributed by atoms with Crippen molar-refractivity contribution in [1.82, 2.24) is 0 Å². The molecule has 234 valence electrons. The molecule has 0 aliphatic rings. The van der Waals surface area contributed by atoms with Gasteiger partial charge in [0, 0.05) is 19.6 Å². The second kappa shape index (κ2) is 12.1. The van der Waals surface area contributed by atoms with Gasteiger partial charge >= 0.3 is 0 Å². The predicted molar refractivity (Wildman–Crippen MR) is 217 cm³/mol. The zero-order valence-electron chi connectivity index (χ0n) is 27.1. The second-order valence-corrected chi connectivity index (χ2v) is 15.2. The van der Waals surface area contributed by atoms with Crippen LogP contribution in [-0.4, -0.2) is 0 Å². The number of rotatable bonds is 6. The highest BCUT2D eigenvalue weighted by Gasteiger charge is 2.17. The Balaban J connectivity index is 1.06. The summed E-state index contributed by atoms with van der Waals surface area (Å²) in [5.41, 5.74) is 5.06. The Morgan fingerprint density at radius 2 is 0.680 bits per heavy atom. The third-order valence-corrected chi connectivity index (χ3v) is 11.8. The van der Waals surface area contributed by atoms with Crippen LogP contribution in [0.1, 0.15) is 0 Å². The van der Waals surface area contributed by atoms with E-state index in [1.807, 2.05) is 23.5 Å². The molecule has 10 rings (SSSR count). The third kappa shape index (κ3) is 5.20. The molecule has 0 spiro atoms. The Kier molecular flexibility index (Phi) is 7.11. The van der Waals surface area contributed by atoms with Crippen LogP contribution in [0.4, 0.5) is 0 Å². The highest BCUT2D eigenvalue weighted by atomic mass is 32.2. The average Bonchev–Trinajstić information content (AvgIpc) is 3.17. The summed E-state index contributed by atoms with van der Waals surface area (Å²) in [5.74, 6) is 0. The zero-order valence-corrected chi connectivity index (χ0v) is 28.8. The van der Waals surface area contributed by atoms with E-state index in [0.29, 0.717) is 0 Å². The molecule has 50 heavy (non-hydrogen) atoms. The summed E-state index contributed by atoms with van der Waals surface area (Å²) in [7, 11) is 0. The van der Waals surface area contributed by atoms with E-state index in [1.54, 1.807) is 0 Å². The van der Waals surface area contributed by atoms with Crippen LogP contribution in [-0.2, 0) is 0 Å². The molecule has 2 heteroatoms. The minimum atomic E-state index is 1.25. The quantitative estimate of drug-likeness (QED) is 0.162. The average molecular weight is 671 g/mol. The van der Waals surface area contributed by atoms with E-state index in [-0.39, 0.29) is 0 Å². The molecule has 0 radical (unpaired) electrons. The lowest BCUT2D eigenvalue weighted by atomic mass is 9.85. The topological polar surface area (TPSA) is 0 Å². The van der Waals surface area contributed by atoms with Crippen LogP contribution < -0.4 is 0 Å². The van der Waals surface area contributed by atoms with Gasteiger partial charge in [-0.1, -0.05) is 133 Å². The molecule has 10 aromatic carbocycles. The minimum Gasteiger partial charge on any atom is -0.0901 e. The first-order chi connectivity index (χ1) is 24.7. The highest BCUT2D eigenvalue weighted by molar-refractivity contribution is 7.99. The van der Waals surface area contributed by atoms with Crippen LogP contribution in [0, 0.1) is 0 Å². The molecule has 0 N–H and O–H groups in total. The molecule has 0 heterocycles. The van der Waals surface area contributed by atoms with Gasteiger partial charge in [0.2, 0.25) is 0 Å². The maximum absolute atomic E-state index is 2.40. The lowest BCUT2D eigenvalue weighted by Crippen LogP contribution is -1.91. The molecule has 0 fully saturated rings. The molecule has 0 unspecified atom stereocenters. The summed E-state index contributed by atoms with van der Waals surface area (Å²) < 4.78 is 0. The van der Waals surface area contributed by atoms with Gasteiger partial charge < -0.3 is 0 Å². The van der Waals surface area contributed by atoms with Crippen LogP contribution in [0.5, 0.6) is 0 Å². The zero-order chi connectivity index (χ0) is 33.0. The lowest BCUT2D eigenvalue weighted by Gasteiger charge is -2.18. The summed E-state index contributed by atoms with van der Waals surface area (Å²) in [6, 6.07) is 67.1. The van der Waals surface area contributed by atoms with Gasteiger partial charge in [-0.3, -0.25) is 0 Å². The van der Waals surface area contributed by atoms with Crippen molar-refractivity contribution in [3.8, 4) is 22.3 Å². The first-order valence-electron chi connectivity index (χ1n) is 17.0. The predicted octanol–water partition coefficient (Wildman–Crippen LogP) is 14.5. The van der Waals surface area contributed by atoms with Crippen molar-refractivity contribution in [3.05, 3.63) is 182 Å². The minimum absolute atomic E-state index is 1.25. The molecule has 0 bridgehead atoms. The second-order valence-electron chi connectivity index (χ2n) is 12.9. The van der Waals surface area contributed by atoms with Crippen molar-refractivity contribution < 1.29 is 0 Å². The van der Waals surface area contributed by atoms with E-state index in [2.05, 4.69) is 182 Å². The first kappa shape index (κ1) is 29.4. The summed E-state index contributed by atoms with van der Waals surface area (Å²) in [4.78, 5) is 5.03. The normalized spacial score (nSPS) is 11.8. The number of benzene rings is 10. The molecular weight excluding hydrogens is 641 g/mol. The van der Waals surface area contributed by atoms with Gasteiger partial charge in [0.1, 0.15) is 0 Å². The van der Waals surface area contributed by atoms with Crippen molar-refractivity contribution >= 4 is 77.4 Å². The van der Waals surface area contributed by atoms with Gasteiger partial charge in [0.25, 0.3) is 0 Å². The van der Waals surface area contributed by atoms with Gasteiger partial charge in [-0.15, -0.1) is 0 Å². The molecule has 0 atom stereocenters. The van der Waals surface area contributed by atoms with Crippen molar-refractivity contribution in [2.45, 2.75) is 19.6 Å². The first-order valence-corrected chi connectivity index (χ1v) is 18.6. The molecule has 10 aromatic rings.